The summed E-state index contributed by atoms with van der Waals surface area (Å²) in [5.74, 6) is 0.431. The van der Waals surface area contributed by atoms with Crippen molar-refractivity contribution in [1.29, 1.82) is 0 Å². The van der Waals surface area contributed by atoms with Gasteiger partial charge in [-0.05, 0) is 52.2 Å². The smallest absolute Gasteiger partial charge is 0.410 e. The van der Waals surface area contributed by atoms with Crippen LogP contribution < -0.4 is 0 Å². The van der Waals surface area contributed by atoms with Gasteiger partial charge >= 0.3 is 6.09 Å². The Hall–Kier alpha value is -2.09. The van der Waals surface area contributed by atoms with Gasteiger partial charge in [0.1, 0.15) is 10.5 Å². The Bertz CT molecular complexity index is 858. The predicted molar refractivity (Wildman–Crippen MR) is 103 cm³/mol. The van der Waals surface area contributed by atoms with Crippen LogP contribution in [-0.2, 0) is 14.8 Å². The largest absolute Gasteiger partial charge is 0.444 e. The number of sulfonamides is 1. The number of ether oxygens (including phenoxy) is 1. The molecule has 2 aliphatic rings. The van der Waals surface area contributed by atoms with E-state index in [4.69, 9.17) is 4.74 Å². The highest BCUT2D eigenvalue weighted by Crippen LogP contribution is 2.28. The SMILES string of the molecule is CN(C[C@H]1CCCCN1C(=O)OC(C)(C)C)C1=NS(=O)(=O)c2ccccc21. The van der Waals surface area contributed by atoms with E-state index in [-0.39, 0.29) is 17.0 Å². The number of hydrogen-bond donors (Lipinski definition) is 0. The number of amides is 1. The molecule has 1 saturated heterocycles. The molecule has 0 N–H and O–H groups in total. The molecule has 1 fully saturated rings. The lowest BCUT2D eigenvalue weighted by molar-refractivity contribution is 0.00805. The Labute approximate surface area is 161 Å². The molecule has 0 aromatic heterocycles. The van der Waals surface area contributed by atoms with Crippen molar-refractivity contribution in [3.8, 4) is 0 Å². The maximum absolute atomic E-state index is 12.6. The highest BCUT2D eigenvalue weighted by molar-refractivity contribution is 7.90. The van der Waals surface area contributed by atoms with E-state index in [1.165, 1.54) is 0 Å². The van der Waals surface area contributed by atoms with Crippen LogP contribution in [0.3, 0.4) is 0 Å². The van der Waals surface area contributed by atoms with Crippen molar-refractivity contribution >= 4 is 22.0 Å². The number of hydrogen-bond acceptors (Lipinski definition) is 5. The first-order chi connectivity index (χ1) is 12.6. The second-order valence-electron chi connectivity index (χ2n) is 8.09. The highest BCUT2D eigenvalue weighted by atomic mass is 32.2. The first-order valence-electron chi connectivity index (χ1n) is 9.23. The van der Waals surface area contributed by atoms with E-state index < -0.39 is 15.6 Å². The lowest BCUT2D eigenvalue weighted by Crippen LogP contribution is -2.51. The molecule has 0 spiro atoms. The zero-order valence-corrected chi connectivity index (χ0v) is 17.1. The first kappa shape index (κ1) is 19.7. The van der Waals surface area contributed by atoms with Crippen molar-refractivity contribution in [2.45, 2.75) is 56.6 Å². The zero-order chi connectivity index (χ0) is 19.8. The molecule has 148 valence electrons. The van der Waals surface area contributed by atoms with Gasteiger partial charge in [0, 0.05) is 25.7 Å². The number of carbonyl (C=O) groups excluding carboxylic acids is 1. The molecule has 8 heteroatoms. The molecule has 0 radical (unpaired) electrons. The summed E-state index contributed by atoms with van der Waals surface area (Å²) >= 11 is 0. The molecular formula is C19H27N3O4S. The molecular weight excluding hydrogens is 366 g/mol. The van der Waals surface area contributed by atoms with E-state index in [1.54, 1.807) is 29.2 Å². The van der Waals surface area contributed by atoms with Gasteiger partial charge in [-0.3, -0.25) is 0 Å². The summed E-state index contributed by atoms with van der Waals surface area (Å²) in [6.07, 6.45) is 2.50. The maximum atomic E-state index is 12.6. The van der Waals surface area contributed by atoms with E-state index >= 15 is 0 Å². The summed E-state index contributed by atoms with van der Waals surface area (Å²) in [4.78, 5) is 16.4. The van der Waals surface area contributed by atoms with Crippen LogP contribution in [0.2, 0.25) is 0 Å². The molecule has 7 nitrogen and oxygen atoms in total. The van der Waals surface area contributed by atoms with Gasteiger partial charge in [0.05, 0.1) is 6.04 Å². The van der Waals surface area contributed by atoms with Crippen LogP contribution in [0.15, 0.2) is 33.6 Å². The Morgan fingerprint density at radius 3 is 2.70 bits per heavy atom. The summed E-state index contributed by atoms with van der Waals surface area (Å²) in [5.41, 5.74) is 0.0627. The van der Waals surface area contributed by atoms with Crippen molar-refractivity contribution < 1.29 is 17.9 Å². The summed E-state index contributed by atoms with van der Waals surface area (Å²) < 4.78 is 34.1. The van der Waals surface area contributed by atoms with Gasteiger partial charge in [0.2, 0.25) is 0 Å². The van der Waals surface area contributed by atoms with Gasteiger partial charge in [-0.2, -0.15) is 8.42 Å². The molecule has 1 aromatic rings. The van der Waals surface area contributed by atoms with Crippen LogP contribution >= 0.6 is 0 Å². The number of likely N-dealkylation sites (N-methyl/N-ethyl adjacent to an activating group) is 1. The highest BCUT2D eigenvalue weighted by Gasteiger charge is 2.34. The van der Waals surface area contributed by atoms with Gasteiger partial charge in [-0.15, -0.1) is 4.40 Å². The number of benzene rings is 1. The standard InChI is InChI=1S/C19H27N3O4S/c1-19(2,3)26-18(23)22-12-8-7-9-14(22)13-21(4)17-15-10-5-6-11-16(15)27(24,25)20-17/h5-6,10-11,14H,7-9,12-13H2,1-4H3/t14-/m1/s1. The van der Waals surface area contributed by atoms with Crippen LogP contribution in [0.5, 0.6) is 0 Å². The predicted octanol–water partition coefficient (Wildman–Crippen LogP) is 2.86. The van der Waals surface area contributed by atoms with Crippen LogP contribution in [0.25, 0.3) is 0 Å². The second kappa shape index (κ2) is 7.14. The van der Waals surface area contributed by atoms with Crippen LogP contribution in [-0.4, -0.2) is 61.9 Å². The summed E-state index contributed by atoms with van der Waals surface area (Å²) in [5, 5.41) is 0. The third kappa shape index (κ3) is 4.26. The minimum absolute atomic E-state index is 0.0447. The van der Waals surface area contributed by atoms with Gasteiger partial charge in [-0.1, -0.05) is 12.1 Å². The molecule has 1 amide bonds. The van der Waals surface area contributed by atoms with Crippen molar-refractivity contribution in [1.82, 2.24) is 9.80 Å². The van der Waals surface area contributed by atoms with Gasteiger partial charge < -0.3 is 14.5 Å². The van der Waals surface area contributed by atoms with Gasteiger partial charge in [-0.25, -0.2) is 4.79 Å². The number of nitrogens with zero attached hydrogens (tertiary/aromatic N) is 3. The monoisotopic (exact) mass is 393 g/mol. The fourth-order valence-corrected chi connectivity index (χ4v) is 4.77. The molecule has 0 aliphatic carbocycles. The summed E-state index contributed by atoms with van der Waals surface area (Å²) in [6.45, 7) is 6.71. The van der Waals surface area contributed by atoms with Gasteiger partial charge in [0.25, 0.3) is 10.0 Å². The third-order valence-corrected chi connectivity index (χ3v) is 6.04. The number of amidine groups is 1. The van der Waals surface area contributed by atoms with E-state index in [0.717, 1.165) is 19.3 Å². The quantitative estimate of drug-likeness (QED) is 0.772. The molecule has 0 saturated carbocycles. The average molecular weight is 394 g/mol. The number of piperidine rings is 1. The molecule has 0 unspecified atom stereocenters. The first-order valence-corrected chi connectivity index (χ1v) is 10.7. The second-order valence-corrected chi connectivity index (χ2v) is 9.66. The van der Waals surface area contributed by atoms with E-state index in [1.807, 2.05) is 32.7 Å². The average Bonchev–Trinajstić information content (AvgIpc) is 2.86. The van der Waals surface area contributed by atoms with E-state index in [9.17, 15) is 13.2 Å². The lowest BCUT2D eigenvalue weighted by Gasteiger charge is -2.38. The normalized spacial score (nSPS) is 21.4. The topological polar surface area (TPSA) is 79.3 Å². The maximum Gasteiger partial charge on any atom is 0.410 e. The number of likely N-dealkylation sites (tertiary alicyclic amines) is 1. The molecule has 2 aliphatic heterocycles. The van der Waals surface area contributed by atoms with Crippen molar-refractivity contribution in [3.05, 3.63) is 29.8 Å². The minimum atomic E-state index is -3.65. The Morgan fingerprint density at radius 1 is 1.30 bits per heavy atom. The van der Waals surface area contributed by atoms with Crippen molar-refractivity contribution in [2.24, 2.45) is 4.40 Å². The molecule has 1 atom stereocenters. The Morgan fingerprint density at radius 2 is 2.00 bits per heavy atom. The fourth-order valence-electron chi connectivity index (χ4n) is 3.52. The molecule has 1 aromatic carbocycles. The molecule has 3 rings (SSSR count). The minimum Gasteiger partial charge on any atom is -0.444 e. The van der Waals surface area contributed by atoms with Crippen LogP contribution in [0, 0.1) is 0 Å². The van der Waals surface area contributed by atoms with Crippen molar-refractivity contribution in [2.75, 3.05) is 20.1 Å². The summed E-state index contributed by atoms with van der Waals surface area (Å²) in [7, 11) is -1.84. The lowest BCUT2D eigenvalue weighted by atomic mass is 10.0. The Kier molecular flexibility index (Phi) is 5.20. The van der Waals surface area contributed by atoms with Crippen LogP contribution in [0.4, 0.5) is 4.79 Å². The zero-order valence-electron chi connectivity index (χ0n) is 16.3. The number of fused-ring (bicyclic) bond motifs is 1. The van der Waals surface area contributed by atoms with Gasteiger partial charge in [0.15, 0.2) is 5.84 Å². The molecule has 27 heavy (non-hydrogen) atoms. The fraction of sp³-hybridized carbons (Fsp3) is 0.579. The molecule has 0 bridgehead atoms. The van der Waals surface area contributed by atoms with E-state index in [2.05, 4.69) is 4.40 Å². The van der Waals surface area contributed by atoms with E-state index in [0.29, 0.717) is 24.5 Å². The van der Waals surface area contributed by atoms with Crippen molar-refractivity contribution in [3.63, 3.8) is 0 Å². The summed E-state index contributed by atoms with van der Waals surface area (Å²) in [6, 6.07) is 6.79. The number of rotatable bonds is 2. The van der Waals surface area contributed by atoms with Crippen LogP contribution in [0.1, 0.15) is 45.6 Å². The third-order valence-electron chi connectivity index (χ3n) is 4.71. The number of carbonyl (C=O) groups is 1. The molecule has 2 heterocycles. The Balaban J connectivity index is 1.78.